The Hall–Kier alpha value is -0.610. The Balaban J connectivity index is 2.20. The lowest BCUT2D eigenvalue weighted by atomic mass is 10.0. The minimum atomic E-state index is 0.201. The third-order valence-electron chi connectivity index (χ3n) is 3.53. The van der Waals surface area contributed by atoms with E-state index in [0.717, 1.165) is 22.7 Å². The lowest BCUT2D eigenvalue weighted by molar-refractivity contribution is 0.459. The predicted molar refractivity (Wildman–Crippen MR) is 92.6 cm³/mol. The summed E-state index contributed by atoms with van der Waals surface area (Å²) in [7, 11) is 0. The van der Waals surface area contributed by atoms with E-state index in [-0.39, 0.29) is 12.1 Å². The smallest absolute Gasteiger partial charge is 0.0900 e. The molecule has 2 aromatic rings. The van der Waals surface area contributed by atoms with Gasteiger partial charge in [-0.1, -0.05) is 36.2 Å². The molecule has 2 nitrogen and oxygen atoms in total. The van der Waals surface area contributed by atoms with Crippen LogP contribution in [0.1, 0.15) is 53.5 Å². The van der Waals surface area contributed by atoms with Crippen LogP contribution in [-0.4, -0.2) is 4.98 Å². The number of aromatic nitrogens is 1. The summed E-state index contributed by atoms with van der Waals surface area (Å²) < 4.78 is 0. The molecule has 1 aromatic heterocycles. The molecule has 0 aliphatic rings. The molecular weight excluding hydrogens is 323 g/mol. The first-order valence-corrected chi connectivity index (χ1v) is 8.64. The second-order valence-corrected chi connectivity index (χ2v) is 7.28. The van der Waals surface area contributed by atoms with Crippen molar-refractivity contribution in [2.75, 3.05) is 0 Å². The van der Waals surface area contributed by atoms with Crippen molar-refractivity contribution in [3.8, 4) is 0 Å². The van der Waals surface area contributed by atoms with Gasteiger partial charge in [-0.2, -0.15) is 0 Å². The second-order valence-electron chi connectivity index (χ2n) is 5.20. The van der Waals surface area contributed by atoms with Gasteiger partial charge in [0.2, 0.25) is 0 Å². The van der Waals surface area contributed by atoms with Crippen molar-refractivity contribution < 1.29 is 0 Å². The van der Waals surface area contributed by atoms with Crippen LogP contribution in [0.25, 0.3) is 0 Å². The Morgan fingerprint density at radius 2 is 2.00 bits per heavy atom. The minimum Gasteiger partial charge on any atom is -0.302 e. The highest BCUT2D eigenvalue weighted by molar-refractivity contribution is 7.11. The molecule has 0 saturated carbocycles. The van der Waals surface area contributed by atoms with Gasteiger partial charge in [0.05, 0.1) is 10.7 Å². The van der Waals surface area contributed by atoms with Crippen molar-refractivity contribution in [2.24, 2.45) is 0 Å². The number of halogens is 2. The first-order valence-electron chi connectivity index (χ1n) is 7.07. The first-order chi connectivity index (χ1) is 9.92. The number of nitrogens with one attached hydrogen (secondary N) is 1. The topological polar surface area (TPSA) is 24.9 Å². The predicted octanol–water partition coefficient (Wildman–Crippen LogP) is 5.87. The van der Waals surface area contributed by atoms with Crippen molar-refractivity contribution >= 4 is 34.5 Å². The Bertz CT molecular complexity index is 625. The van der Waals surface area contributed by atoms with Crippen LogP contribution in [0.3, 0.4) is 0 Å². The molecule has 1 aromatic carbocycles. The summed E-state index contributed by atoms with van der Waals surface area (Å²) in [6.07, 6.45) is 0.961. The number of aryl methyl sites for hydroxylation is 2. The van der Waals surface area contributed by atoms with Gasteiger partial charge in [-0.15, -0.1) is 11.3 Å². The van der Waals surface area contributed by atoms with E-state index in [9.17, 15) is 0 Å². The van der Waals surface area contributed by atoms with E-state index in [0.29, 0.717) is 10.0 Å². The number of hydrogen-bond acceptors (Lipinski definition) is 3. The summed E-state index contributed by atoms with van der Waals surface area (Å²) in [5.41, 5.74) is 2.20. The van der Waals surface area contributed by atoms with E-state index < -0.39 is 0 Å². The summed E-state index contributed by atoms with van der Waals surface area (Å²) in [6.45, 7) is 8.43. The molecule has 1 N–H and O–H groups in total. The molecule has 0 saturated heterocycles. The SMILES string of the molecule is CCC(NC(C)c1sc(C)nc1C)c1ccc(Cl)cc1Cl. The zero-order valence-electron chi connectivity index (χ0n) is 12.7. The highest BCUT2D eigenvalue weighted by Gasteiger charge is 2.19. The molecule has 21 heavy (non-hydrogen) atoms. The molecule has 0 radical (unpaired) electrons. The lowest BCUT2D eigenvalue weighted by Gasteiger charge is -2.23. The summed E-state index contributed by atoms with van der Waals surface area (Å²) >= 11 is 14.1. The van der Waals surface area contributed by atoms with Crippen LogP contribution >= 0.6 is 34.5 Å². The monoisotopic (exact) mass is 342 g/mol. The van der Waals surface area contributed by atoms with Crippen LogP contribution < -0.4 is 5.32 Å². The van der Waals surface area contributed by atoms with Gasteiger partial charge < -0.3 is 5.32 Å². The number of benzene rings is 1. The van der Waals surface area contributed by atoms with Gasteiger partial charge in [0.15, 0.2) is 0 Å². The Morgan fingerprint density at radius 1 is 1.29 bits per heavy atom. The molecule has 0 fully saturated rings. The Morgan fingerprint density at radius 3 is 2.52 bits per heavy atom. The molecule has 0 amide bonds. The number of nitrogens with zero attached hydrogens (tertiary/aromatic N) is 1. The van der Waals surface area contributed by atoms with E-state index >= 15 is 0 Å². The highest BCUT2D eigenvalue weighted by Crippen LogP contribution is 2.32. The van der Waals surface area contributed by atoms with Gasteiger partial charge in [0.25, 0.3) is 0 Å². The molecular formula is C16H20Cl2N2S. The van der Waals surface area contributed by atoms with Crippen molar-refractivity contribution in [2.45, 2.75) is 46.2 Å². The maximum atomic E-state index is 6.33. The van der Waals surface area contributed by atoms with Crippen LogP contribution in [0, 0.1) is 13.8 Å². The van der Waals surface area contributed by atoms with E-state index in [1.807, 2.05) is 19.1 Å². The van der Waals surface area contributed by atoms with Crippen molar-refractivity contribution in [1.29, 1.82) is 0 Å². The van der Waals surface area contributed by atoms with Crippen LogP contribution in [-0.2, 0) is 0 Å². The summed E-state index contributed by atoms with van der Waals surface area (Å²) in [5.74, 6) is 0. The van der Waals surface area contributed by atoms with Gasteiger partial charge in [-0.3, -0.25) is 0 Å². The fourth-order valence-corrected chi connectivity index (χ4v) is 4.02. The van der Waals surface area contributed by atoms with Gasteiger partial charge in [0, 0.05) is 27.0 Å². The van der Waals surface area contributed by atoms with Crippen LogP contribution in [0.5, 0.6) is 0 Å². The summed E-state index contributed by atoms with van der Waals surface area (Å²) in [5, 5.41) is 6.14. The van der Waals surface area contributed by atoms with E-state index in [1.165, 1.54) is 4.88 Å². The Kier molecular flexibility index (Phi) is 5.67. The molecule has 2 rings (SSSR count). The van der Waals surface area contributed by atoms with Gasteiger partial charge in [-0.05, 0) is 44.9 Å². The molecule has 114 valence electrons. The molecule has 0 bridgehead atoms. The fourth-order valence-electron chi connectivity index (χ4n) is 2.54. The molecule has 2 unspecified atom stereocenters. The molecule has 0 spiro atoms. The maximum Gasteiger partial charge on any atom is 0.0900 e. The summed E-state index contributed by atoms with van der Waals surface area (Å²) in [6, 6.07) is 6.14. The van der Waals surface area contributed by atoms with Gasteiger partial charge >= 0.3 is 0 Å². The zero-order chi connectivity index (χ0) is 15.6. The normalized spacial score (nSPS) is 14.2. The minimum absolute atomic E-state index is 0.201. The Labute approximate surface area is 140 Å². The van der Waals surface area contributed by atoms with Gasteiger partial charge in [0.1, 0.15) is 0 Å². The molecule has 5 heteroatoms. The quantitative estimate of drug-likeness (QED) is 0.734. The van der Waals surface area contributed by atoms with Crippen molar-refractivity contribution in [3.63, 3.8) is 0 Å². The van der Waals surface area contributed by atoms with Crippen LogP contribution in [0.15, 0.2) is 18.2 Å². The lowest BCUT2D eigenvalue weighted by Crippen LogP contribution is -2.24. The molecule has 0 aliphatic carbocycles. The number of rotatable bonds is 5. The fraction of sp³-hybridized carbons (Fsp3) is 0.438. The standard InChI is InChI=1S/C16H20Cl2N2S/c1-5-15(13-7-6-12(17)8-14(13)18)20-10(3)16-9(2)19-11(4)21-16/h6-8,10,15,20H,5H2,1-4H3. The van der Waals surface area contributed by atoms with Gasteiger partial charge in [-0.25, -0.2) is 4.98 Å². The van der Waals surface area contributed by atoms with Crippen LogP contribution in [0.4, 0.5) is 0 Å². The van der Waals surface area contributed by atoms with E-state index in [4.69, 9.17) is 23.2 Å². The second kappa shape index (κ2) is 7.10. The average molecular weight is 343 g/mol. The number of hydrogen-bond donors (Lipinski definition) is 1. The largest absolute Gasteiger partial charge is 0.302 e. The third-order valence-corrected chi connectivity index (χ3v) is 5.35. The van der Waals surface area contributed by atoms with Crippen molar-refractivity contribution in [3.05, 3.63) is 49.4 Å². The van der Waals surface area contributed by atoms with E-state index in [1.54, 1.807) is 17.4 Å². The highest BCUT2D eigenvalue weighted by atomic mass is 35.5. The number of thiazole rings is 1. The molecule has 2 atom stereocenters. The van der Waals surface area contributed by atoms with Crippen LogP contribution in [0.2, 0.25) is 10.0 Å². The molecule has 0 aliphatic heterocycles. The molecule has 1 heterocycles. The first kappa shape index (κ1) is 16.8. The third kappa shape index (κ3) is 3.98. The average Bonchev–Trinajstić information content (AvgIpc) is 2.75. The maximum absolute atomic E-state index is 6.33. The zero-order valence-corrected chi connectivity index (χ0v) is 15.0. The van der Waals surface area contributed by atoms with E-state index in [2.05, 4.69) is 31.1 Å². The van der Waals surface area contributed by atoms with Crippen molar-refractivity contribution in [1.82, 2.24) is 10.3 Å². The summed E-state index contributed by atoms with van der Waals surface area (Å²) in [4.78, 5) is 5.79.